The molecule has 0 N–H and O–H groups in total. The van der Waals surface area contributed by atoms with Gasteiger partial charge in [-0.2, -0.15) is 0 Å². The van der Waals surface area contributed by atoms with Gasteiger partial charge in [0, 0.05) is 19.2 Å². The van der Waals surface area contributed by atoms with E-state index in [-0.39, 0.29) is 0 Å². The predicted molar refractivity (Wildman–Crippen MR) is 65.2 cm³/mol. The molecule has 82 valence electrons. The zero-order chi connectivity index (χ0) is 11.3. The van der Waals surface area contributed by atoms with Gasteiger partial charge >= 0.3 is 0 Å². The van der Waals surface area contributed by atoms with Crippen LogP contribution in [0.4, 0.5) is 5.69 Å². The third-order valence-electron chi connectivity index (χ3n) is 2.41. The number of rotatable bonds is 4. The van der Waals surface area contributed by atoms with Crippen LogP contribution in [0.15, 0.2) is 23.2 Å². The van der Waals surface area contributed by atoms with E-state index in [1.807, 2.05) is 6.92 Å². The summed E-state index contributed by atoms with van der Waals surface area (Å²) in [5.74, 6) is 0. The van der Waals surface area contributed by atoms with Gasteiger partial charge in [-0.25, -0.2) is 0 Å². The first kappa shape index (κ1) is 11.9. The van der Waals surface area contributed by atoms with Crippen molar-refractivity contribution in [3.05, 3.63) is 29.3 Å². The number of aliphatic imine (C=N–C) groups is 1. The summed E-state index contributed by atoms with van der Waals surface area (Å²) in [5, 5.41) is 0. The molecule has 0 fully saturated rings. The van der Waals surface area contributed by atoms with Crippen LogP contribution in [0.1, 0.15) is 24.5 Å². The Hall–Kier alpha value is -1.15. The van der Waals surface area contributed by atoms with E-state index in [0.29, 0.717) is 0 Å². The van der Waals surface area contributed by atoms with Crippen LogP contribution in [0, 0.1) is 13.8 Å². The van der Waals surface area contributed by atoms with E-state index >= 15 is 0 Å². The summed E-state index contributed by atoms with van der Waals surface area (Å²) in [4.78, 5) is 4.63. The van der Waals surface area contributed by atoms with Crippen LogP contribution >= 0.6 is 0 Å². The topological polar surface area (TPSA) is 21.6 Å². The number of para-hydroxylation sites is 1. The summed E-state index contributed by atoms with van der Waals surface area (Å²) in [6.07, 6.45) is 0.893. The van der Waals surface area contributed by atoms with Crippen LogP contribution in [0.25, 0.3) is 0 Å². The minimum atomic E-state index is 0.736. The van der Waals surface area contributed by atoms with Crippen LogP contribution < -0.4 is 0 Å². The molecule has 2 heteroatoms. The fraction of sp³-hybridized carbons (Fsp3) is 0.462. The maximum atomic E-state index is 5.03. The van der Waals surface area contributed by atoms with Gasteiger partial charge in [-0.05, 0) is 31.9 Å². The number of ether oxygens (including phenoxy) is 1. The van der Waals surface area contributed by atoms with E-state index in [2.05, 4.69) is 37.0 Å². The molecule has 0 unspecified atom stereocenters. The lowest BCUT2D eigenvalue weighted by Crippen LogP contribution is -1.98. The van der Waals surface area contributed by atoms with Crippen LogP contribution in [0.3, 0.4) is 0 Å². The Morgan fingerprint density at radius 3 is 2.40 bits per heavy atom. The molecule has 0 radical (unpaired) electrons. The van der Waals surface area contributed by atoms with Crippen LogP contribution in [0.5, 0.6) is 0 Å². The molecule has 0 aromatic heterocycles. The minimum absolute atomic E-state index is 0.736. The van der Waals surface area contributed by atoms with Gasteiger partial charge in [0.25, 0.3) is 0 Å². The van der Waals surface area contributed by atoms with Crippen LogP contribution in [-0.4, -0.2) is 19.4 Å². The second kappa shape index (κ2) is 5.66. The summed E-state index contributed by atoms with van der Waals surface area (Å²) >= 11 is 0. The quantitative estimate of drug-likeness (QED) is 0.690. The molecular weight excluding hydrogens is 186 g/mol. The Labute approximate surface area is 92.0 Å². The van der Waals surface area contributed by atoms with E-state index in [1.54, 1.807) is 7.11 Å². The number of methoxy groups -OCH3 is 1. The average molecular weight is 205 g/mol. The lowest BCUT2D eigenvalue weighted by molar-refractivity contribution is 0.207. The van der Waals surface area contributed by atoms with Crippen molar-refractivity contribution in [1.29, 1.82) is 0 Å². The van der Waals surface area contributed by atoms with Crippen molar-refractivity contribution >= 4 is 11.4 Å². The van der Waals surface area contributed by atoms with Gasteiger partial charge in [0.15, 0.2) is 0 Å². The number of hydrogen-bond donors (Lipinski definition) is 0. The van der Waals surface area contributed by atoms with Crippen molar-refractivity contribution in [2.75, 3.05) is 13.7 Å². The third-order valence-corrected chi connectivity index (χ3v) is 2.41. The molecule has 0 aliphatic heterocycles. The first-order valence-corrected chi connectivity index (χ1v) is 5.24. The molecule has 0 heterocycles. The molecule has 0 aliphatic carbocycles. The Morgan fingerprint density at radius 2 is 1.87 bits per heavy atom. The lowest BCUT2D eigenvalue weighted by Gasteiger charge is -2.06. The highest BCUT2D eigenvalue weighted by Crippen LogP contribution is 2.23. The minimum Gasteiger partial charge on any atom is -0.384 e. The van der Waals surface area contributed by atoms with Gasteiger partial charge in [-0.15, -0.1) is 0 Å². The second-order valence-electron chi connectivity index (χ2n) is 3.83. The standard InChI is InChI=1S/C13H19NO/c1-10-6-5-7-11(2)13(10)14-12(3)8-9-15-4/h5-7H,8-9H2,1-4H3. The van der Waals surface area contributed by atoms with E-state index in [0.717, 1.165) is 24.4 Å². The average Bonchev–Trinajstić information content (AvgIpc) is 2.21. The Bertz CT molecular complexity index is 335. The van der Waals surface area contributed by atoms with Gasteiger partial charge in [0.05, 0.1) is 12.3 Å². The fourth-order valence-electron chi connectivity index (χ4n) is 1.48. The van der Waals surface area contributed by atoms with Crippen LogP contribution in [-0.2, 0) is 4.74 Å². The molecule has 1 aromatic carbocycles. The summed E-state index contributed by atoms with van der Waals surface area (Å²) in [6.45, 7) is 6.97. The first-order chi connectivity index (χ1) is 7.15. The molecule has 2 nitrogen and oxygen atoms in total. The lowest BCUT2D eigenvalue weighted by atomic mass is 10.1. The molecular formula is C13H19NO. The summed E-state index contributed by atoms with van der Waals surface area (Å²) in [6, 6.07) is 6.25. The molecule has 1 aromatic rings. The molecule has 1 rings (SSSR count). The molecule has 0 spiro atoms. The van der Waals surface area contributed by atoms with E-state index in [1.165, 1.54) is 11.1 Å². The second-order valence-corrected chi connectivity index (χ2v) is 3.83. The Balaban J connectivity index is 2.87. The molecule has 0 saturated carbocycles. The summed E-state index contributed by atoms with van der Waals surface area (Å²) < 4.78 is 5.03. The highest BCUT2D eigenvalue weighted by molar-refractivity contribution is 5.85. The van der Waals surface area contributed by atoms with Crippen molar-refractivity contribution in [2.45, 2.75) is 27.2 Å². The summed E-state index contributed by atoms with van der Waals surface area (Å²) in [5.41, 5.74) is 4.68. The van der Waals surface area contributed by atoms with Gasteiger partial charge in [-0.3, -0.25) is 4.99 Å². The number of aryl methyl sites for hydroxylation is 2. The SMILES string of the molecule is COCCC(C)=Nc1c(C)cccc1C. The van der Waals surface area contributed by atoms with Crippen molar-refractivity contribution in [3.63, 3.8) is 0 Å². The van der Waals surface area contributed by atoms with Crippen LogP contribution in [0.2, 0.25) is 0 Å². The van der Waals surface area contributed by atoms with E-state index in [9.17, 15) is 0 Å². The smallest absolute Gasteiger partial charge is 0.0687 e. The maximum Gasteiger partial charge on any atom is 0.0687 e. The third kappa shape index (κ3) is 3.48. The van der Waals surface area contributed by atoms with Crippen molar-refractivity contribution in [1.82, 2.24) is 0 Å². The maximum absolute atomic E-state index is 5.03. The molecule has 0 bridgehead atoms. The van der Waals surface area contributed by atoms with Gasteiger partial charge in [0.2, 0.25) is 0 Å². The van der Waals surface area contributed by atoms with E-state index < -0.39 is 0 Å². The van der Waals surface area contributed by atoms with Crippen molar-refractivity contribution in [2.24, 2.45) is 4.99 Å². The zero-order valence-corrected chi connectivity index (χ0v) is 10.0. The molecule has 0 aliphatic rings. The normalized spacial score (nSPS) is 11.9. The van der Waals surface area contributed by atoms with Gasteiger partial charge < -0.3 is 4.74 Å². The highest BCUT2D eigenvalue weighted by atomic mass is 16.5. The molecule has 0 atom stereocenters. The zero-order valence-electron chi connectivity index (χ0n) is 10.0. The van der Waals surface area contributed by atoms with Crippen molar-refractivity contribution in [3.8, 4) is 0 Å². The number of benzene rings is 1. The molecule has 0 saturated heterocycles. The summed E-state index contributed by atoms with van der Waals surface area (Å²) in [7, 11) is 1.71. The Morgan fingerprint density at radius 1 is 1.27 bits per heavy atom. The highest BCUT2D eigenvalue weighted by Gasteiger charge is 2.00. The van der Waals surface area contributed by atoms with Crippen molar-refractivity contribution < 1.29 is 4.74 Å². The van der Waals surface area contributed by atoms with E-state index in [4.69, 9.17) is 4.74 Å². The predicted octanol–water partition coefficient (Wildman–Crippen LogP) is 3.43. The molecule has 0 amide bonds. The molecule has 15 heavy (non-hydrogen) atoms. The number of hydrogen-bond acceptors (Lipinski definition) is 2. The largest absolute Gasteiger partial charge is 0.384 e. The Kier molecular flexibility index (Phi) is 4.50. The van der Waals surface area contributed by atoms with Gasteiger partial charge in [-0.1, -0.05) is 18.2 Å². The van der Waals surface area contributed by atoms with Gasteiger partial charge in [0.1, 0.15) is 0 Å². The monoisotopic (exact) mass is 205 g/mol. The first-order valence-electron chi connectivity index (χ1n) is 5.24. The number of nitrogens with zero attached hydrogens (tertiary/aromatic N) is 1. The fourth-order valence-corrected chi connectivity index (χ4v) is 1.48.